The Labute approximate surface area is 95.9 Å². The first-order valence-corrected chi connectivity index (χ1v) is 5.57. The zero-order chi connectivity index (χ0) is 11.5. The van der Waals surface area contributed by atoms with E-state index in [1.165, 1.54) is 5.56 Å². The van der Waals surface area contributed by atoms with Gasteiger partial charge < -0.3 is 4.74 Å². The first-order valence-electron chi connectivity index (χ1n) is 5.57. The van der Waals surface area contributed by atoms with Gasteiger partial charge in [0.25, 0.3) is 0 Å². The lowest BCUT2D eigenvalue weighted by Gasteiger charge is -2.24. The minimum absolute atomic E-state index is 0.0173. The fraction of sp³-hybridized carbons (Fsp3) is 0.357. The third kappa shape index (κ3) is 1.75. The van der Waals surface area contributed by atoms with Crippen molar-refractivity contribution in [2.24, 2.45) is 0 Å². The van der Waals surface area contributed by atoms with Gasteiger partial charge in [0, 0.05) is 12.3 Å². The third-order valence-corrected chi connectivity index (χ3v) is 3.18. The molecule has 2 nitrogen and oxygen atoms in total. The Morgan fingerprint density at radius 2 is 2.31 bits per heavy atom. The monoisotopic (exact) mass is 216 g/mol. The second kappa shape index (κ2) is 4.52. The second-order valence-corrected chi connectivity index (χ2v) is 4.07. The van der Waals surface area contributed by atoms with Crippen LogP contribution in [0.15, 0.2) is 30.9 Å². The molecule has 0 saturated heterocycles. The predicted molar refractivity (Wildman–Crippen MR) is 63.9 cm³/mol. The number of rotatable bonds is 3. The molecule has 1 aromatic rings. The number of Topliss-reactive ketones (excluding diaryl/α,β-unsaturated/α-hetero) is 1. The zero-order valence-electron chi connectivity index (χ0n) is 9.53. The standard InChI is InChI=1S/C14H16O2/c1-3-5-11-10-6-4-7-14(16-2)12(10)8-9-13(11)15/h3-4,6-7,11H,1,5,8-9H2,2H3. The Bertz CT molecular complexity index is 421. The molecular formula is C14H16O2. The summed E-state index contributed by atoms with van der Waals surface area (Å²) < 4.78 is 5.34. The van der Waals surface area contributed by atoms with Crippen molar-refractivity contribution in [2.45, 2.75) is 25.2 Å². The smallest absolute Gasteiger partial charge is 0.140 e. The molecule has 0 spiro atoms. The molecule has 0 N–H and O–H groups in total. The summed E-state index contributed by atoms with van der Waals surface area (Å²) in [4.78, 5) is 11.9. The summed E-state index contributed by atoms with van der Waals surface area (Å²) in [6.45, 7) is 3.72. The average Bonchev–Trinajstić information content (AvgIpc) is 2.32. The molecule has 0 aliphatic heterocycles. The first-order chi connectivity index (χ1) is 7.77. The number of ketones is 1. The van der Waals surface area contributed by atoms with Crippen LogP contribution in [0.4, 0.5) is 0 Å². The second-order valence-electron chi connectivity index (χ2n) is 4.07. The van der Waals surface area contributed by atoms with Gasteiger partial charge in [-0.05, 0) is 30.0 Å². The molecule has 0 radical (unpaired) electrons. The maximum absolute atomic E-state index is 11.9. The highest BCUT2D eigenvalue weighted by molar-refractivity contribution is 5.88. The molecule has 1 unspecified atom stereocenters. The van der Waals surface area contributed by atoms with Gasteiger partial charge in [-0.15, -0.1) is 6.58 Å². The Kier molecular flexibility index (Phi) is 3.09. The summed E-state index contributed by atoms with van der Waals surface area (Å²) in [7, 11) is 1.68. The van der Waals surface area contributed by atoms with E-state index in [4.69, 9.17) is 4.74 Å². The average molecular weight is 216 g/mol. The van der Waals surface area contributed by atoms with Gasteiger partial charge in [-0.3, -0.25) is 4.79 Å². The molecule has 2 heteroatoms. The van der Waals surface area contributed by atoms with Crippen LogP contribution in [0.2, 0.25) is 0 Å². The lowest BCUT2D eigenvalue weighted by Crippen LogP contribution is -2.20. The largest absolute Gasteiger partial charge is 0.496 e. The summed E-state index contributed by atoms with van der Waals surface area (Å²) in [6, 6.07) is 5.94. The van der Waals surface area contributed by atoms with Gasteiger partial charge in [-0.25, -0.2) is 0 Å². The van der Waals surface area contributed by atoms with Crippen LogP contribution in [0.5, 0.6) is 5.75 Å². The van der Waals surface area contributed by atoms with Crippen LogP contribution < -0.4 is 4.74 Å². The topological polar surface area (TPSA) is 26.3 Å². The van der Waals surface area contributed by atoms with Gasteiger partial charge >= 0.3 is 0 Å². The minimum Gasteiger partial charge on any atom is -0.496 e. The quantitative estimate of drug-likeness (QED) is 0.726. The summed E-state index contributed by atoms with van der Waals surface area (Å²) in [5.41, 5.74) is 2.31. The highest BCUT2D eigenvalue weighted by atomic mass is 16.5. The Morgan fingerprint density at radius 3 is 3.00 bits per heavy atom. The van der Waals surface area contributed by atoms with E-state index >= 15 is 0 Å². The predicted octanol–water partition coefficient (Wildman–Crippen LogP) is 2.87. The Hall–Kier alpha value is -1.57. The van der Waals surface area contributed by atoms with Crippen molar-refractivity contribution in [2.75, 3.05) is 7.11 Å². The SMILES string of the molecule is C=CCC1C(=O)CCc2c(OC)cccc21. The molecule has 1 atom stereocenters. The molecule has 0 bridgehead atoms. The van der Waals surface area contributed by atoms with E-state index in [-0.39, 0.29) is 5.92 Å². The Morgan fingerprint density at radius 1 is 1.50 bits per heavy atom. The third-order valence-electron chi connectivity index (χ3n) is 3.18. The van der Waals surface area contributed by atoms with Gasteiger partial charge in [-0.1, -0.05) is 18.2 Å². The number of fused-ring (bicyclic) bond motifs is 1. The molecule has 0 heterocycles. The summed E-state index contributed by atoms with van der Waals surface area (Å²) >= 11 is 0. The van der Waals surface area contributed by atoms with Crippen molar-refractivity contribution in [3.8, 4) is 5.75 Å². The molecule has 1 aromatic carbocycles. The van der Waals surface area contributed by atoms with Gasteiger partial charge in [-0.2, -0.15) is 0 Å². The first kappa shape index (κ1) is 10.9. The fourth-order valence-corrected chi connectivity index (χ4v) is 2.39. The maximum atomic E-state index is 11.9. The van der Waals surface area contributed by atoms with Gasteiger partial charge in [0.15, 0.2) is 0 Å². The molecule has 1 aliphatic carbocycles. The van der Waals surface area contributed by atoms with Crippen LogP contribution >= 0.6 is 0 Å². The van der Waals surface area contributed by atoms with Crippen LogP contribution in [-0.4, -0.2) is 12.9 Å². The molecule has 16 heavy (non-hydrogen) atoms. The van der Waals surface area contributed by atoms with E-state index < -0.39 is 0 Å². The molecular weight excluding hydrogens is 200 g/mol. The molecule has 2 rings (SSSR count). The number of methoxy groups -OCH3 is 1. The van der Waals surface area contributed by atoms with Gasteiger partial charge in [0.2, 0.25) is 0 Å². The van der Waals surface area contributed by atoms with Crippen LogP contribution in [0.25, 0.3) is 0 Å². The fourth-order valence-electron chi connectivity index (χ4n) is 2.39. The van der Waals surface area contributed by atoms with Gasteiger partial charge in [0.05, 0.1) is 7.11 Å². The number of ether oxygens (including phenoxy) is 1. The van der Waals surface area contributed by atoms with Crippen molar-refractivity contribution >= 4 is 5.78 Å². The summed E-state index contributed by atoms with van der Waals surface area (Å²) in [5.74, 6) is 1.20. The molecule has 84 valence electrons. The number of allylic oxidation sites excluding steroid dienone is 1. The van der Waals surface area contributed by atoms with E-state index in [1.807, 2.05) is 24.3 Å². The van der Waals surface area contributed by atoms with Crippen molar-refractivity contribution in [3.05, 3.63) is 42.0 Å². The lowest BCUT2D eigenvalue weighted by atomic mass is 9.80. The number of carbonyl (C=O) groups excluding carboxylic acids is 1. The van der Waals surface area contributed by atoms with E-state index in [2.05, 4.69) is 6.58 Å². The van der Waals surface area contributed by atoms with Crippen LogP contribution in [-0.2, 0) is 11.2 Å². The molecule has 0 amide bonds. The molecule has 1 aliphatic rings. The Balaban J connectivity index is 2.47. The van der Waals surface area contributed by atoms with E-state index in [0.29, 0.717) is 12.2 Å². The molecule has 0 aromatic heterocycles. The van der Waals surface area contributed by atoms with Crippen molar-refractivity contribution in [1.82, 2.24) is 0 Å². The lowest BCUT2D eigenvalue weighted by molar-refractivity contribution is -0.120. The van der Waals surface area contributed by atoms with Crippen LogP contribution in [0.1, 0.15) is 29.9 Å². The summed E-state index contributed by atoms with van der Waals surface area (Å²) in [6.07, 6.45) is 3.95. The number of carbonyl (C=O) groups is 1. The van der Waals surface area contributed by atoms with E-state index in [1.54, 1.807) is 7.11 Å². The van der Waals surface area contributed by atoms with E-state index in [0.717, 1.165) is 24.2 Å². The van der Waals surface area contributed by atoms with Crippen molar-refractivity contribution < 1.29 is 9.53 Å². The van der Waals surface area contributed by atoms with E-state index in [9.17, 15) is 4.79 Å². The highest BCUT2D eigenvalue weighted by Crippen LogP contribution is 2.36. The maximum Gasteiger partial charge on any atom is 0.140 e. The number of benzene rings is 1. The van der Waals surface area contributed by atoms with Crippen molar-refractivity contribution in [1.29, 1.82) is 0 Å². The van der Waals surface area contributed by atoms with Crippen LogP contribution in [0, 0.1) is 0 Å². The molecule has 0 fully saturated rings. The number of hydrogen-bond donors (Lipinski definition) is 0. The molecule has 0 saturated carbocycles. The highest BCUT2D eigenvalue weighted by Gasteiger charge is 2.28. The minimum atomic E-state index is -0.0173. The van der Waals surface area contributed by atoms with Gasteiger partial charge in [0.1, 0.15) is 11.5 Å². The van der Waals surface area contributed by atoms with Crippen molar-refractivity contribution in [3.63, 3.8) is 0 Å². The summed E-state index contributed by atoms with van der Waals surface area (Å²) in [5, 5.41) is 0. The zero-order valence-corrected chi connectivity index (χ0v) is 9.53. The normalized spacial score (nSPS) is 19.1. The van der Waals surface area contributed by atoms with Crippen LogP contribution in [0.3, 0.4) is 0 Å². The number of hydrogen-bond acceptors (Lipinski definition) is 2.